The number of methoxy groups -OCH3 is 4. The summed E-state index contributed by atoms with van der Waals surface area (Å²) in [6.07, 6.45) is 2.14. The van der Waals surface area contributed by atoms with Gasteiger partial charge in [0.15, 0.2) is 0 Å². The number of benzene rings is 2. The Bertz CT molecular complexity index is 1580. The lowest BCUT2D eigenvalue weighted by Crippen LogP contribution is -2.40. The molecule has 0 bridgehead atoms. The van der Waals surface area contributed by atoms with Crippen LogP contribution in [0.2, 0.25) is 5.02 Å². The Labute approximate surface area is 245 Å². The molecular weight excluding hydrogens is 542 g/mol. The van der Waals surface area contributed by atoms with Crippen molar-refractivity contribution in [3.05, 3.63) is 82.5 Å². The van der Waals surface area contributed by atoms with Crippen molar-refractivity contribution in [3.8, 4) is 45.6 Å². The number of aliphatic hydroxyl groups is 1. The van der Waals surface area contributed by atoms with Crippen molar-refractivity contribution in [2.24, 2.45) is 0 Å². The SMILES string of the molecule is COc1cc2c(c(OC)n1)-c1c(OC)cccc1C(c1cc(-c3cccc(Cl)c3)cnc1OC)C2(O)CCN(C)C. The van der Waals surface area contributed by atoms with Gasteiger partial charge in [-0.1, -0.05) is 35.9 Å². The van der Waals surface area contributed by atoms with Crippen LogP contribution in [0.1, 0.15) is 29.0 Å². The summed E-state index contributed by atoms with van der Waals surface area (Å²) in [5.74, 6) is 1.11. The third-order valence-corrected chi connectivity index (χ3v) is 7.86. The van der Waals surface area contributed by atoms with E-state index in [1.807, 2.05) is 67.5 Å². The Morgan fingerprint density at radius 3 is 2.27 bits per heavy atom. The zero-order valence-electron chi connectivity index (χ0n) is 24.1. The lowest BCUT2D eigenvalue weighted by Gasteiger charge is -2.44. The summed E-state index contributed by atoms with van der Waals surface area (Å²) >= 11 is 6.34. The second-order valence-corrected chi connectivity index (χ2v) is 10.7. The number of pyridine rings is 2. The maximum Gasteiger partial charge on any atom is 0.224 e. The molecule has 0 radical (unpaired) electrons. The van der Waals surface area contributed by atoms with E-state index < -0.39 is 11.5 Å². The topological polar surface area (TPSA) is 86.2 Å². The van der Waals surface area contributed by atoms with Gasteiger partial charge in [0.2, 0.25) is 17.6 Å². The largest absolute Gasteiger partial charge is 0.496 e. The summed E-state index contributed by atoms with van der Waals surface area (Å²) in [6.45, 7) is 0.600. The Kier molecular flexibility index (Phi) is 8.09. The molecule has 0 spiro atoms. The van der Waals surface area contributed by atoms with Gasteiger partial charge in [0.05, 0.1) is 34.0 Å². The normalized spacial score (nSPS) is 17.5. The minimum absolute atomic E-state index is 0.332. The molecule has 8 nitrogen and oxygen atoms in total. The summed E-state index contributed by atoms with van der Waals surface area (Å²) in [5, 5.41) is 13.7. The molecule has 9 heteroatoms. The minimum atomic E-state index is -1.44. The van der Waals surface area contributed by atoms with Crippen molar-refractivity contribution < 1.29 is 24.1 Å². The zero-order valence-corrected chi connectivity index (χ0v) is 24.8. The van der Waals surface area contributed by atoms with Crippen molar-refractivity contribution >= 4 is 11.6 Å². The molecule has 2 aromatic carbocycles. The zero-order chi connectivity index (χ0) is 29.3. The maximum atomic E-state index is 13.1. The summed E-state index contributed by atoms with van der Waals surface area (Å²) < 4.78 is 23.1. The van der Waals surface area contributed by atoms with Crippen LogP contribution in [-0.2, 0) is 5.60 Å². The van der Waals surface area contributed by atoms with E-state index in [1.165, 1.54) is 0 Å². The number of aromatic nitrogens is 2. The molecule has 0 amide bonds. The fourth-order valence-corrected chi connectivity index (χ4v) is 5.93. The second-order valence-electron chi connectivity index (χ2n) is 10.3. The van der Waals surface area contributed by atoms with Gasteiger partial charge < -0.3 is 29.0 Å². The number of nitrogens with zero attached hydrogens (tertiary/aromatic N) is 3. The number of hydrogen-bond donors (Lipinski definition) is 1. The third kappa shape index (κ3) is 5.07. The lowest BCUT2D eigenvalue weighted by atomic mass is 9.64. The first-order valence-corrected chi connectivity index (χ1v) is 13.6. The summed E-state index contributed by atoms with van der Waals surface area (Å²) in [4.78, 5) is 11.3. The summed E-state index contributed by atoms with van der Waals surface area (Å²) in [7, 11) is 10.3. The van der Waals surface area contributed by atoms with Crippen LogP contribution in [-0.4, -0.2) is 69.1 Å². The first kappa shape index (κ1) is 28.7. The predicted octanol–water partition coefficient (Wildman–Crippen LogP) is 5.78. The first-order valence-electron chi connectivity index (χ1n) is 13.2. The van der Waals surface area contributed by atoms with Gasteiger partial charge in [-0.25, -0.2) is 4.98 Å². The highest BCUT2D eigenvalue weighted by atomic mass is 35.5. The van der Waals surface area contributed by atoms with E-state index in [-0.39, 0.29) is 0 Å². The highest BCUT2D eigenvalue weighted by molar-refractivity contribution is 6.30. The third-order valence-electron chi connectivity index (χ3n) is 7.63. The van der Waals surface area contributed by atoms with Gasteiger partial charge in [0.1, 0.15) is 11.4 Å². The van der Waals surface area contributed by atoms with Gasteiger partial charge >= 0.3 is 0 Å². The molecule has 5 rings (SSSR count). The number of ether oxygens (including phenoxy) is 4. The van der Waals surface area contributed by atoms with Gasteiger partial charge in [-0.15, -0.1) is 0 Å². The molecule has 0 aliphatic heterocycles. The molecule has 4 aromatic rings. The molecule has 0 saturated carbocycles. The number of halogens is 1. The minimum Gasteiger partial charge on any atom is -0.496 e. The van der Waals surface area contributed by atoms with Crippen LogP contribution < -0.4 is 18.9 Å². The van der Waals surface area contributed by atoms with Crippen LogP contribution >= 0.6 is 11.6 Å². The van der Waals surface area contributed by atoms with Crippen LogP contribution in [0.25, 0.3) is 22.3 Å². The van der Waals surface area contributed by atoms with Gasteiger partial charge in [-0.2, -0.15) is 4.98 Å². The van der Waals surface area contributed by atoms with E-state index in [1.54, 1.807) is 40.7 Å². The quantitative estimate of drug-likeness (QED) is 0.269. The van der Waals surface area contributed by atoms with Crippen molar-refractivity contribution in [2.45, 2.75) is 17.9 Å². The molecular formula is C32H34ClN3O5. The van der Waals surface area contributed by atoms with E-state index in [4.69, 9.17) is 35.5 Å². The molecule has 2 aromatic heterocycles. The Morgan fingerprint density at radius 2 is 1.61 bits per heavy atom. The van der Waals surface area contributed by atoms with Crippen LogP contribution in [0.4, 0.5) is 0 Å². The molecule has 1 aliphatic rings. The molecule has 2 atom stereocenters. The molecule has 0 fully saturated rings. The lowest BCUT2D eigenvalue weighted by molar-refractivity contribution is 0.00213. The maximum absolute atomic E-state index is 13.1. The van der Waals surface area contributed by atoms with Crippen molar-refractivity contribution in [2.75, 3.05) is 49.1 Å². The summed E-state index contributed by atoms with van der Waals surface area (Å²) in [6, 6.07) is 17.2. The van der Waals surface area contributed by atoms with Crippen LogP contribution in [0.15, 0.2) is 60.8 Å². The number of hydrogen-bond acceptors (Lipinski definition) is 8. The fourth-order valence-electron chi connectivity index (χ4n) is 5.74. The van der Waals surface area contributed by atoms with Gasteiger partial charge in [-0.3, -0.25) is 0 Å². The Hall–Kier alpha value is -3.85. The molecule has 1 N–H and O–H groups in total. The van der Waals surface area contributed by atoms with E-state index in [9.17, 15) is 5.11 Å². The molecule has 214 valence electrons. The highest BCUT2D eigenvalue weighted by Gasteiger charge is 2.50. The van der Waals surface area contributed by atoms with E-state index >= 15 is 0 Å². The van der Waals surface area contributed by atoms with Crippen LogP contribution in [0.5, 0.6) is 23.4 Å². The van der Waals surface area contributed by atoms with Gasteiger partial charge in [0.25, 0.3) is 0 Å². The predicted molar refractivity (Wildman–Crippen MR) is 159 cm³/mol. The molecule has 2 heterocycles. The molecule has 41 heavy (non-hydrogen) atoms. The van der Waals surface area contributed by atoms with Gasteiger partial charge in [-0.05, 0) is 55.9 Å². The molecule has 2 unspecified atom stereocenters. The van der Waals surface area contributed by atoms with Crippen molar-refractivity contribution in [1.29, 1.82) is 0 Å². The standard InChI is InChI=1S/C32H34ClN3O5/c1-36(2)14-13-32(37)24-17-26(39-4)35-31(41-6)28(24)27-22(11-8-12-25(27)38-3)29(32)23-16-20(18-34-30(23)40-5)19-9-7-10-21(33)15-19/h7-12,15-18,29,37H,13-14H2,1-6H3. The smallest absolute Gasteiger partial charge is 0.224 e. The average Bonchev–Trinajstić information content (AvgIpc) is 2.99. The Morgan fingerprint density at radius 1 is 0.854 bits per heavy atom. The van der Waals surface area contributed by atoms with Crippen LogP contribution in [0.3, 0.4) is 0 Å². The monoisotopic (exact) mass is 575 g/mol. The van der Waals surface area contributed by atoms with E-state index in [0.717, 1.165) is 27.8 Å². The van der Waals surface area contributed by atoms with E-state index in [0.29, 0.717) is 52.5 Å². The van der Waals surface area contributed by atoms with Crippen LogP contribution in [0, 0.1) is 0 Å². The Balaban J connectivity index is 1.88. The molecule has 1 aliphatic carbocycles. The summed E-state index contributed by atoms with van der Waals surface area (Å²) in [5.41, 5.74) is 3.94. The average molecular weight is 576 g/mol. The molecule has 0 saturated heterocycles. The number of rotatable bonds is 9. The first-order chi connectivity index (χ1) is 19.7. The van der Waals surface area contributed by atoms with Crippen molar-refractivity contribution in [1.82, 2.24) is 14.9 Å². The number of fused-ring (bicyclic) bond motifs is 3. The highest BCUT2D eigenvalue weighted by Crippen LogP contribution is 2.59. The van der Waals surface area contributed by atoms with E-state index in [2.05, 4.69) is 4.98 Å². The van der Waals surface area contributed by atoms with Crippen molar-refractivity contribution in [3.63, 3.8) is 0 Å². The fraction of sp³-hybridized carbons (Fsp3) is 0.312. The van der Waals surface area contributed by atoms with Gasteiger partial charge in [0, 0.05) is 52.0 Å². The second kappa shape index (κ2) is 11.6.